The minimum absolute atomic E-state index is 0.0292. The number of nitrogens with two attached hydrogens (primary N) is 1. The van der Waals surface area contributed by atoms with Crippen LogP contribution in [0.15, 0.2) is 53.7 Å². The second kappa shape index (κ2) is 8.64. The van der Waals surface area contributed by atoms with E-state index in [9.17, 15) is 9.59 Å². The third kappa shape index (κ3) is 4.25. The van der Waals surface area contributed by atoms with E-state index in [4.69, 9.17) is 5.73 Å². The number of amides is 1. The Kier molecular flexibility index (Phi) is 6.03. The molecule has 0 saturated carbocycles. The maximum Gasteiger partial charge on any atom is 0.271 e. The average molecular weight is 367 g/mol. The van der Waals surface area contributed by atoms with Gasteiger partial charge in [0.2, 0.25) is 5.91 Å². The lowest BCUT2D eigenvalue weighted by Crippen LogP contribution is -2.41. The van der Waals surface area contributed by atoms with Crippen molar-refractivity contribution >= 4 is 11.6 Å². The van der Waals surface area contributed by atoms with Gasteiger partial charge in [0, 0.05) is 62.5 Å². The van der Waals surface area contributed by atoms with Crippen molar-refractivity contribution in [3.8, 4) is 11.1 Å². The summed E-state index contributed by atoms with van der Waals surface area (Å²) in [7, 11) is 0. The van der Waals surface area contributed by atoms with Crippen molar-refractivity contribution in [1.82, 2.24) is 14.9 Å². The molecule has 0 aromatic carbocycles. The number of nitrogens with one attached hydrogen (secondary N) is 1. The van der Waals surface area contributed by atoms with E-state index in [1.807, 2.05) is 25.1 Å². The lowest BCUT2D eigenvalue weighted by atomic mass is 10.1. The van der Waals surface area contributed by atoms with Gasteiger partial charge in [0.15, 0.2) is 0 Å². The highest BCUT2D eigenvalue weighted by molar-refractivity contribution is 5.88. The van der Waals surface area contributed by atoms with E-state index >= 15 is 0 Å². The highest BCUT2D eigenvalue weighted by atomic mass is 16.2. The van der Waals surface area contributed by atoms with E-state index in [1.54, 1.807) is 29.6 Å². The summed E-state index contributed by atoms with van der Waals surface area (Å²) in [5.74, 6) is -0.0292. The van der Waals surface area contributed by atoms with Gasteiger partial charge in [-0.2, -0.15) is 0 Å². The van der Waals surface area contributed by atoms with Crippen LogP contribution in [-0.4, -0.2) is 53.0 Å². The zero-order valence-electron chi connectivity index (χ0n) is 15.5. The number of anilines is 1. The molecular weight excluding hydrogens is 342 g/mol. The molecule has 0 unspecified atom stereocenters. The number of likely N-dealkylation sites (N-methyl/N-ethyl adjacent to an activating group) is 1. The standard InChI is InChI=1S/C20H25N5O2/c1-2-25(17-7-11-24(14-17)19(26)4-3-8-21)18-12-16(13-23-20(18)27)15-5-9-22-10-6-15/h3-6,9-10,12-13,17H,2,7-8,11,14,21H2,1H3,(H,23,27)/t17-/m1/s1. The van der Waals surface area contributed by atoms with Crippen LogP contribution in [0, 0.1) is 0 Å². The number of likely N-dealkylation sites (tertiary alicyclic amines) is 1. The van der Waals surface area contributed by atoms with Gasteiger partial charge in [-0.1, -0.05) is 6.08 Å². The second-order valence-corrected chi connectivity index (χ2v) is 6.49. The van der Waals surface area contributed by atoms with Crippen LogP contribution in [0.2, 0.25) is 0 Å². The molecule has 1 aliphatic heterocycles. The maximum atomic E-state index is 12.5. The summed E-state index contributed by atoms with van der Waals surface area (Å²) in [4.78, 5) is 35.5. The third-order valence-corrected chi connectivity index (χ3v) is 4.86. The summed E-state index contributed by atoms with van der Waals surface area (Å²) in [6.07, 6.45) is 9.19. The molecule has 3 N–H and O–H groups in total. The number of H-pyrrole nitrogens is 1. The van der Waals surface area contributed by atoms with Gasteiger partial charge in [-0.15, -0.1) is 0 Å². The highest BCUT2D eigenvalue weighted by Crippen LogP contribution is 2.24. The molecule has 7 nitrogen and oxygen atoms in total. The predicted molar refractivity (Wildman–Crippen MR) is 106 cm³/mol. The molecule has 1 aliphatic rings. The van der Waals surface area contributed by atoms with Crippen LogP contribution < -0.4 is 16.2 Å². The Bertz CT molecular complexity index is 862. The molecule has 1 amide bonds. The van der Waals surface area contributed by atoms with E-state index in [-0.39, 0.29) is 17.5 Å². The number of hydrogen-bond acceptors (Lipinski definition) is 5. The van der Waals surface area contributed by atoms with Crippen LogP contribution in [-0.2, 0) is 4.79 Å². The quantitative estimate of drug-likeness (QED) is 0.752. The normalized spacial score (nSPS) is 16.8. The topological polar surface area (TPSA) is 95.3 Å². The van der Waals surface area contributed by atoms with Crippen molar-refractivity contribution in [1.29, 1.82) is 0 Å². The van der Waals surface area contributed by atoms with Crippen molar-refractivity contribution in [2.75, 3.05) is 31.1 Å². The molecule has 1 saturated heterocycles. The number of rotatable bonds is 6. The number of aromatic nitrogens is 2. The first kappa shape index (κ1) is 18.8. The smallest absolute Gasteiger partial charge is 0.271 e. The average Bonchev–Trinajstić information content (AvgIpc) is 3.19. The van der Waals surface area contributed by atoms with Crippen LogP contribution in [0.5, 0.6) is 0 Å². The van der Waals surface area contributed by atoms with Crippen LogP contribution >= 0.6 is 0 Å². The fourth-order valence-corrected chi connectivity index (χ4v) is 3.49. The van der Waals surface area contributed by atoms with E-state index in [0.29, 0.717) is 31.9 Å². The number of carbonyl (C=O) groups excluding carboxylic acids is 1. The van der Waals surface area contributed by atoms with Gasteiger partial charge in [-0.25, -0.2) is 0 Å². The van der Waals surface area contributed by atoms with Crippen molar-refractivity contribution in [3.63, 3.8) is 0 Å². The molecule has 2 aromatic rings. The van der Waals surface area contributed by atoms with Gasteiger partial charge >= 0.3 is 0 Å². The molecule has 1 fully saturated rings. The summed E-state index contributed by atoms with van der Waals surface area (Å²) in [6.45, 7) is 4.34. The first-order chi connectivity index (χ1) is 13.1. The largest absolute Gasteiger partial charge is 0.363 e. The maximum absolute atomic E-state index is 12.5. The van der Waals surface area contributed by atoms with Gasteiger partial charge in [-0.05, 0) is 37.1 Å². The van der Waals surface area contributed by atoms with Crippen LogP contribution in [0.25, 0.3) is 11.1 Å². The highest BCUT2D eigenvalue weighted by Gasteiger charge is 2.30. The minimum atomic E-state index is -0.123. The summed E-state index contributed by atoms with van der Waals surface area (Å²) in [5, 5.41) is 0. The molecule has 0 radical (unpaired) electrons. The molecule has 3 rings (SSSR count). The summed E-state index contributed by atoms with van der Waals surface area (Å²) in [6, 6.07) is 5.84. The van der Waals surface area contributed by atoms with E-state index in [0.717, 1.165) is 17.5 Å². The molecule has 7 heteroatoms. The Labute approximate surface area is 158 Å². The SMILES string of the molecule is CCN(c1cc(-c2ccncc2)c[nH]c1=O)[C@@H]1CCN(C(=O)C=CCN)C1. The van der Waals surface area contributed by atoms with Gasteiger partial charge in [0.05, 0.1) is 0 Å². The predicted octanol–water partition coefficient (Wildman–Crippen LogP) is 1.38. The molecular formula is C20H25N5O2. The number of aromatic amines is 1. The monoisotopic (exact) mass is 367 g/mol. The Morgan fingerprint density at radius 2 is 2.19 bits per heavy atom. The molecule has 142 valence electrons. The molecule has 3 heterocycles. The lowest BCUT2D eigenvalue weighted by molar-refractivity contribution is -0.125. The van der Waals surface area contributed by atoms with Crippen molar-refractivity contribution in [2.24, 2.45) is 5.73 Å². The Morgan fingerprint density at radius 1 is 1.41 bits per heavy atom. The first-order valence-corrected chi connectivity index (χ1v) is 9.19. The fraction of sp³-hybridized carbons (Fsp3) is 0.350. The minimum Gasteiger partial charge on any atom is -0.363 e. The molecule has 2 aromatic heterocycles. The Balaban J connectivity index is 1.83. The van der Waals surface area contributed by atoms with Crippen LogP contribution in [0.1, 0.15) is 13.3 Å². The van der Waals surface area contributed by atoms with Crippen molar-refractivity contribution in [2.45, 2.75) is 19.4 Å². The van der Waals surface area contributed by atoms with Gasteiger partial charge in [0.25, 0.3) is 5.56 Å². The van der Waals surface area contributed by atoms with Gasteiger partial charge in [0.1, 0.15) is 5.69 Å². The lowest BCUT2D eigenvalue weighted by Gasteiger charge is -2.29. The Morgan fingerprint density at radius 3 is 2.89 bits per heavy atom. The molecule has 1 atom stereocenters. The van der Waals surface area contributed by atoms with E-state index in [1.165, 1.54) is 6.08 Å². The number of carbonyl (C=O) groups is 1. The van der Waals surface area contributed by atoms with Crippen LogP contribution in [0.3, 0.4) is 0 Å². The molecule has 0 spiro atoms. The van der Waals surface area contributed by atoms with E-state index in [2.05, 4.69) is 14.9 Å². The van der Waals surface area contributed by atoms with Gasteiger partial charge in [-0.3, -0.25) is 14.6 Å². The number of pyridine rings is 2. The third-order valence-electron chi connectivity index (χ3n) is 4.86. The molecule has 0 aliphatic carbocycles. The summed E-state index contributed by atoms with van der Waals surface area (Å²) < 4.78 is 0. The zero-order valence-corrected chi connectivity index (χ0v) is 15.5. The van der Waals surface area contributed by atoms with E-state index < -0.39 is 0 Å². The number of hydrogen-bond donors (Lipinski definition) is 2. The second-order valence-electron chi connectivity index (χ2n) is 6.49. The molecule has 27 heavy (non-hydrogen) atoms. The molecule has 0 bridgehead atoms. The van der Waals surface area contributed by atoms with Gasteiger partial charge < -0.3 is 20.5 Å². The zero-order chi connectivity index (χ0) is 19.2. The fourth-order valence-electron chi connectivity index (χ4n) is 3.49. The van der Waals surface area contributed by atoms with Crippen molar-refractivity contribution < 1.29 is 4.79 Å². The Hall–Kier alpha value is -2.93. The van der Waals surface area contributed by atoms with Crippen LogP contribution in [0.4, 0.5) is 5.69 Å². The number of nitrogens with zero attached hydrogens (tertiary/aromatic N) is 3. The first-order valence-electron chi connectivity index (χ1n) is 9.19. The van der Waals surface area contributed by atoms with Crippen molar-refractivity contribution in [3.05, 3.63) is 59.3 Å². The summed E-state index contributed by atoms with van der Waals surface area (Å²) in [5.41, 5.74) is 7.85. The summed E-state index contributed by atoms with van der Waals surface area (Å²) >= 11 is 0.